The molecule has 1 amide bonds. The Hall–Kier alpha value is -1.80. The van der Waals surface area contributed by atoms with E-state index in [4.69, 9.17) is 34.8 Å². The van der Waals surface area contributed by atoms with Gasteiger partial charge in [-0.25, -0.2) is 0 Å². The van der Waals surface area contributed by atoms with Gasteiger partial charge in [-0.15, -0.1) is 0 Å². The van der Waals surface area contributed by atoms with E-state index in [2.05, 4.69) is 27.8 Å². The second kappa shape index (κ2) is 11.8. The fourth-order valence-electron chi connectivity index (χ4n) is 2.94. The van der Waals surface area contributed by atoms with E-state index in [1.54, 1.807) is 6.92 Å². The third kappa shape index (κ3) is 7.11. The van der Waals surface area contributed by atoms with Gasteiger partial charge in [0, 0.05) is 10.4 Å². The lowest BCUT2D eigenvalue weighted by molar-refractivity contribution is -0.139. The van der Waals surface area contributed by atoms with Crippen molar-refractivity contribution in [2.24, 2.45) is 5.92 Å². The molecule has 2 atom stereocenters. The van der Waals surface area contributed by atoms with E-state index in [9.17, 15) is 22.8 Å². The first-order chi connectivity index (χ1) is 15.8. The summed E-state index contributed by atoms with van der Waals surface area (Å²) in [5.74, 6) is -3.11. The minimum Gasteiger partial charge on any atom is -0.319 e. The molecule has 0 spiro atoms. The minimum atomic E-state index is -4.61. The van der Waals surface area contributed by atoms with Crippen molar-refractivity contribution in [1.29, 1.82) is 0 Å². The lowest BCUT2D eigenvalue weighted by atomic mass is 9.97. The molecule has 2 rings (SSSR count). The van der Waals surface area contributed by atoms with Crippen molar-refractivity contribution in [3.8, 4) is 0 Å². The number of amides is 1. The molecule has 2 unspecified atom stereocenters. The number of nitrogens with one attached hydrogen (secondary N) is 1. The number of halogens is 7. The van der Waals surface area contributed by atoms with E-state index in [0.29, 0.717) is 16.5 Å². The first kappa shape index (κ1) is 28.4. The van der Waals surface area contributed by atoms with Crippen LogP contribution in [-0.4, -0.2) is 17.9 Å². The Morgan fingerprint density at radius 2 is 1.74 bits per heavy atom. The van der Waals surface area contributed by atoms with Crippen LogP contribution in [0.2, 0.25) is 15.1 Å². The van der Waals surface area contributed by atoms with Crippen molar-refractivity contribution in [3.63, 3.8) is 0 Å². The number of ketones is 1. The van der Waals surface area contributed by atoms with Crippen LogP contribution >= 0.6 is 50.7 Å². The second-order valence-corrected chi connectivity index (χ2v) is 9.57. The lowest BCUT2D eigenvalue weighted by Crippen LogP contribution is -2.29. The Morgan fingerprint density at radius 3 is 2.24 bits per heavy atom. The van der Waals surface area contributed by atoms with E-state index in [1.165, 1.54) is 24.3 Å². The zero-order valence-electron chi connectivity index (χ0n) is 18.1. The molecule has 0 heterocycles. The third-order valence-corrected chi connectivity index (χ3v) is 6.91. The minimum absolute atomic E-state index is 0.0245. The summed E-state index contributed by atoms with van der Waals surface area (Å²) in [4.78, 5) is 24.7. The van der Waals surface area contributed by atoms with Gasteiger partial charge in [0.05, 0.1) is 32.2 Å². The summed E-state index contributed by atoms with van der Waals surface area (Å²) in [7, 11) is 0. The molecule has 0 aromatic heterocycles. The molecule has 2 aromatic rings. The van der Waals surface area contributed by atoms with Gasteiger partial charge >= 0.3 is 6.18 Å². The van der Waals surface area contributed by atoms with Crippen LogP contribution < -0.4 is 5.32 Å². The zero-order valence-corrected chi connectivity index (χ0v) is 21.9. The molecular weight excluding hydrogens is 578 g/mol. The second-order valence-electron chi connectivity index (χ2n) is 7.52. The van der Waals surface area contributed by atoms with Gasteiger partial charge in [-0.2, -0.15) is 13.2 Å². The number of hydrogen-bond donors (Lipinski definition) is 1. The summed E-state index contributed by atoms with van der Waals surface area (Å²) in [5.41, 5.74) is 0.406. The Bertz CT molecular complexity index is 1130. The molecule has 0 aliphatic heterocycles. The SMILES string of the molecule is C=C(NC(=O)c1ccc(C=CC(c2cc(Cl)c(Cl)c(Cl)c2)C(F)(F)F)cc1Br)C(=O)C(C)CC. The molecular formula is C24H20BrCl3F3NO2. The number of alkyl halides is 3. The Kier molecular flexibility index (Phi) is 9.83. The number of carbonyl (C=O) groups excluding carboxylic acids is 2. The van der Waals surface area contributed by atoms with Crippen LogP contribution in [0.1, 0.15) is 47.7 Å². The fourth-order valence-corrected chi connectivity index (χ4v) is 4.13. The predicted molar refractivity (Wildman–Crippen MR) is 135 cm³/mol. The van der Waals surface area contributed by atoms with Gasteiger partial charge in [-0.1, -0.05) is 73.4 Å². The maximum atomic E-state index is 13.7. The van der Waals surface area contributed by atoms with Gasteiger partial charge in [-0.3, -0.25) is 9.59 Å². The Labute approximate surface area is 219 Å². The van der Waals surface area contributed by atoms with Crippen molar-refractivity contribution in [2.75, 3.05) is 0 Å². The average molecular weight is 598 g/mol. The number of hydrogen-bond acceptors (Lipinski definition) is 2. The van der Waals surface area contributed by atoms with Gasteiger partial charge in [0.25, 0.3) is 5.91 Å². The Morgan fingerprint density at radius 1 is 1.15 bits per heavy atom. The van der Waals surface area contributed by atoms with Crippen molar-refractivity contribution in [3.05, 3.63) is 84.9 Å². The summed E-state index contributed by atoms with van der Waals surface area (Å²) >= 11 is 20.9. The van der Waals surface area contributed by atoms with Crippen molar-refractivity contribution in [1.82, 2.24) is 5.32 Å². The fraction of sp³-hybridized carbons (Fsp3) is 0.250. The van der Waals surface area contributed by atoms with Gasteiger partial charge < -0.3 is 5.32 Å². The molecule has 0 aliphatic rings. The molecule has 10 heteroatoms. The molecule has 0 aliphatic carbocycles. The van der Waals surface area contributed by atoms with Crippen LogP contribution in [0.15, 0.2) is 53.2 Å². The quantitative estimate of drug-likeness (QED) is 0.245. The van der Waals surface area contributed by atoms with Crippen LogP contribution in [0.4, 0.5) is 13.2 Å². The summed E-state index contributed by atoms with van der Waals surface area (Å²) in [5, 5.41) is 2.27. The van der Waals surface area contributed by atoms with Crippen LogP contribution in [0.5, 0.6) is 0 Å². The first-order valence-electron chi connectivity index (χ1n) is 9.99. The molecule has 34 heavy (non-hydrogen) atoms. The number of Topliss-reactive ketones (excluding diaryl/α,β-unsaturated/α-hetero) is 1. The summed E-state index contributed by atoms with van der Waals surface area (Å²) < 4.78 is 41.5. The summed E-state index contributed by atoms with van der Waals surface area (Å²) in [6.07, 6.45) is -1.78. The van der Waals surface area contributed by atoms with E-state index < -0.39 is 18.0 Å². The van der Waals surface area contributed by atoms with Crippen LogP contribution in [0, 0.1) is 5.92 Å². The maximum Gasteiger partial charge on any atom is 0.399 e. The van der Waals surface area contributed by atoms with Crippen LogP contribution in [0.3, 0.4) is 0 Å². The highest BCUT2D eigenvalue weighted by molar-refractivity contribution is 9.10. The largest absolute Gasteiger partial charge is 0.399 e. The molecule has 0 saturated carbocycles. The van der Waals surface area contributed by atoms with Crippen LogP contribution in [-0.2, 0) is 4.79 Å². The monoisotopic (exact) mass is 595 g/mol. The molecule has 182 valence electrons. The summed E-state index contributed by atoms with van der Waals surface area (Å²) in [6.45, 7) is 7.19. The lowest BCUT2D eigenvalue weighted by Gasteiger charge is -2.18. The number of benzene rings is 2. The van der Waals surface area contributed by atoms with Crippen molar-refractivity contribution >= 4 is 68.5 Å². The van der Waals surface area contributed by atoms with E-state index in [-0.39, 0.29) is 43.6 Å². The average Bonchev–Trinajstić information content (AvgIpc) is 2.75. The highest BCUT2D eigenvalue weighted by atomic mass is 79.9. The Balaban J connectivity index is 2.27. The normalized spacial score (nSPS) is 13.6. The van der Waals surface area contributed by atoms with E-state index in [0.717, 1.165) is 18.2 Å². The van der Waals surface area contributed by atoms with Crippen molar-refractivity contribution in [2.45, 2.75) is 32.4 Å². The first-order valence-corrected chi connectivity index (χ1v) is 11.9. The maximum absolute atomic E-state index is 13.7. The van der Waals surface area contributed by atoms with Gasteiger partial charge in [0.15, 0.2) is 5.78 Å². The predicted octanol–water partition coefficient (Wildman–Crippen LogP) is 8.63. The molecule has 0 saturated heterocycles. The highest BCUT2D eigenvalue weighted by Gasteiger charge is 2.39. The smallest absolute Gasteiger partial charge is 0.319 e. The molecule has 0 bridgehead atoms. The molecule has 0 radical (unpaired) electrons. The standard InChI is InChI=1S/C24H20BrCl3F3NO2/c1-4-12(2)22(33)13(3)32-23(34)16-7-5-14(9-18(16)25)6-8-17(24(29,30)31)15-10-19(26)21(28)20(27)11-15/h5-12,17H,3-4H2,1-2H3,(H,32,34). The van der Waals surface area contributed by atoms with E-state index >= 15 is 0 Å². The molecule has 2 aromatic carbocycles. The number of carbonyl (C=O) groups is 2. The molecule has 3 nitrogen and oxygen atoms in total. The third-order valence-electron chi connectivity index (χ3n) is 5.06. The van der Waals surface area contributed by atoms with Crippen molar-refractivity contribution < 1.29 is 22.8 Å². The van der Waals surface area contributed by atoms with Crippen LogP contribution in [0.25, 0.3) is 6.08 Å². The van der Waals surface area contributed by atoms with Gasteiger partial charge in [0.1, 0.15) is 0 Å². The zero-order chi connectivity index (χ0) is 25.8. The molecule has 0 fully saturated rings. The van der Waals surface area contributed by atoms with Gasteiger partial charge in [-0.05, 0) is 57.7 Å². The van der Waals surface area contributed by atoms with Gasteiger partial charge in [0.2, 0.25) is 0 Å². The highest BCUT2D eigenvalue weighted by Crippen LogP contribution is 2.41. The molecule has 1 N–H and O–H groups in total. The van der Waals surface area contributed by atoms with E-state index in [1.807, 2.05) is 6.92 Å². The summed E-state index contributed by atoms with van der Waals surface area (Å²) in [6, 6.07) is 6.63. The topological polar surface area (TPSA) is 46.2 Å². The number of allylic oxidation sites excluding steroid dienone is 2. The number of rotatable bonds is 8.